The molecule has 2 atom stereocenters. The minimum absolute atomic E-state index is 0.0651. The van der Waals surface area contributed by atoms with Crippen LogP contribution in [0.5, 0.6) is 11.5 Å². The van der Waals surface area contributed by atoms with Crippen molar-refractivity contribution in [1.82, 2.24) is 10.2 Å². The van der Waals surface area contributed by atoms with Crippen LogP contribution in [0.4, 0.5) is 4.79 Å². The predicted molar refractivity (Wildman–Crippen MR) is 119 cm³/mol. The van der Waals surface area contributed by atoms with Gasteiger partial charge in [0.1, 0.15) is 11.6 Å². The van der Waals surface area contributed by atoms with Gasteiger partial charge in [-0.25, -0.2) is 19.2 Å². The van der Waals surface area contributed by atoms with Gasteiger partial charge in [-0.1, -0.05) is 6.07 Å². The summed E-state index contributed by atoms with van der Waals surface area (Å²) in [6, 6.07) is 4.94. The number of aliphatic carboxylic acids is 2. The first-order chi connectivity index (χ1) is 15.8. The number of likely N-dealkylation sites (tertiary alicyclic amines) is 1. The average molecular weight is 485 g/mol. The summed E-state index contributed by atoms with van der Waals surface area (Å²) in [5.74, 6) is -2.78. The van der Waals surface area contributed by atoms with Gasteiger partial charge in [-0.3, -0.25) is 4.90 Å². The van der Waals surface area contributed by atoms with Crippen molar-refractivity contribution in [2.45, 2.75) is 51.4 Å². The molecule has 1 amide bonds. The van der Waals surface area contributed by atoms with Crippen LogP contribution in [-0.4, -0.2) is 84.7 Å². The third-order valence-corrected chi connectivity index (χ3v) is 4.63. The lowest BCUT2D eigenvalue weighted by Crippen LogP contribution is -2.44. The predicted octanol–water partition coefficient (Wildman–Crippen LogP) is 1.50. The van der Waals surface area contributed by atoms with Crippen LogP contribution in [0.25, 0.3) is 0 Å². The highest BCUT2D eigenvalue weighted by molar-refractivity contribution is 6.27. The minimum Gasteiger partial charge on any atom is -0.493 e. The second-order valence-electron chi connectivity index (χ2n) is 8.28. The van der Waals surface area contributed by atoms with Gasteiger partial charge in [-0.2, -0.15) is 0 Å². The van der Waals surface area contributed by atoms with Crippen molar-refractivity contribution in [3.8, 4) is 11.5 Å². The van der Waals surface area contributed by atoms with Crippen molar-refractivity contribution in [3.05, 3.63) is 23.8 Å². The highest BCUT2D eigenvalue weighted by atomic mass is 16.6. The van der Waals surface area contributed by atoms with E-state index in [1.54, 1.807) is 35.0 Å². The fourth-order valence-corrected chi connectivity index (χ4v) is 3.12. The first kappa shape index (κ1) is 28.5. The molecular formula is C22H32N2O10. The number of benzene rings is 1. The number of nitrogens with zero attached hydrogens (tertiary/aromatic N) is 1. The summed E-state index contributed by atoms with van der Waals surface area (Å²) in [5, 5.41) is 18.2. The van der Waals surface area contributed by atoms with E-state index in [1.807, 2.05) is 18.2 Å². The van der Waals surface area contributed by atoms with Crippen molar-refractivity contribution in [2.24, 2.45) is 0 Å². The lowest BCUT2D eigenvalue weighted by Gasteiger charge is -2.27. The molecule has 1 aliphatic rings. The van der Waals surface area contributed by atoms with Crippen LogP contribution in [-0.2, 0) is 30.4 Å². The Hall–Kier alpha value is -3.54. The van der Waals surface area contributed by atoms with E-state index >= 15 is 0 Å². The van der Waals surface area contributed by atoms with Crippen LogP contribution < -0.4 is 14.8 Å². The van der Waals surface area contributed by atoms with Gasteiger partial charge in [-0.15, -0.1) is 0 Å². The summed E-state index contributed by atoms with van der Waals surface area (Å²) in [6.45, 7) is 6.30. The van der Waals surface area contributed by atoms with Crippen LogP contribution in [0.15, 0.2) is 18.2 Å². The molecule has 3 N–H and O–H groups in total. The topological polar surface area (TPSA) is 161 Å². The number of carbonyl (C=O) groups is 4. The molecule has 1 heterocycles. The molecule has 0 saturated carbocycles. The fourth-order valence-electron chi connectivity index (χ4n) is 3.12. The molecule has 2 unspecified atom stereocenters. The smallest absolute Gasteiger partial charge is 0.414 e. The summed E-state index contributed by atoms with van der Waals surface area (Å²) < 4.78 is 20.9. The Morgan fingerprint density at radius 3 is 2.09 bits per heavy atom. The van der Waals surface area contributed by atoms with Crippen molar-refractivity contribution in [3.63, 3.8) is 0 Å². The fraction of sp³-hybridized carbons (Fsp3) is 0.545. The van der Waals surface area contributed by atoms with E-state index in [0.29, 0.717) is 31.0 Å². The number of ether oxygens (including phenoxy) is 4. The van der Waals surface area contributed by atoms with E-state index in [1.165, 1.54) is 12.0 Å². The van der Waals surface area contributed by atoms with E-state index in [-0.39, 0.29) is 6.04 Å². The second-order valence-corrected chi connectivity index (χ2v) is 8.28. The SMILES string of the molecule is COC(=O)C1CC(NCc2ccc(OC)c(OC)c2)CN1C(=O)OC(C)(C)C.O=C(O)C(=O)O. The maximum atomic E-state index is 12.5. The van der Waals surface area contributed by atoms with Crippen molar-refractivity contribution in [1.29, 1.82) is 0 Å². The summed E-state index contributed by atoms with van der Waals surface area (Å²) in [5.41, 5.74) is 0.367. The number of hydrogen-bond acceptors (Lipinski definition) is 9. The molecule has 2 rings (SSSR count). The molecule has 190 valence electrons. The van der Waals surface area contributed by atoms with E-state index in [4.69, 9.17) is 38.7 Å². The van der Waals surface area contributed by atoms with Crippen LogP contribution in [0.2, 0.25) is 0 Å². The van der Waals surface area contributed by atoms with Crippen LogP contribution in [0, 0.1) is 0 Å². The normalized spacial score (nSPS) is 17.2. The van der Waals surface area contributed by atoms with Gasteiger partial charge >= 0.3 is 24.0 Å². The molecule has 1 aromatic rings. The Labute approximate surface area is 197 Å². The first-order valence-corrected chi connectivity index (χ1v) is 10.3. The van der Waals surface area contributed by atoms with Crippen LogP contribution in [0.1, 0.15) is 32.8 Å². The molecule has 34 heavy (non-hydrogen) atoms. The Kier molecular flexibility index (Phi) is 10.6. The third kappa shape index (κ3) is 8.77. The molecule has 12 heteroatoms. The molecule has 12 nitrogen and oxygen atoms in total. The Morgan fingerprint density at radius 1 is 1.03 bits per heavy atom. The van der Waals surface area contributed by atoms with Gasteiger partial charge in [0.25, 0.3) is 0 Å². The number of esters is 1. The monoisotopic (exact) mass is 484 g/mol. The largest absolute Gasteiger partial charge is 0.493 e. The molecular weight excluding hydrogens is 452 g/mol. The Balaban J connectivity index is 0.000000852. The number of amides is 1. The summed E-state index contributed by atoms with van der Waals surface area (Å²) in [4.78, 5) is 44.3. The number of carbonyl (C=O) groups excluding carboxylic acids is 2. The molecule has 1 aromatic carbocycles. The lowest BCUT2D eigenvalue weighted by atomic mass is 10.1. The van der Waals surface area contributed by atoms with Gasteiger partial charge in [0.2, 0.25) is 0 Å². The van der Waals surface area contributed by atoms with E-state index in [9.17, 15) is 9.59 Å². The number of carboxylic acids is 2. The van der Waals surface area contributed by atoms with Gasteiger partial charge in [0.15, 0.2) is 11.5 Å². The molecule has 1 saturated heterocycles. The lowest BCUT2D eigenvalue weighted by molar-refractivity contribution is -0.159. The van der Waals surface area contributed by atoms with Crippen LogP contribution in [0.3, 0.4) is 0 Å². The third-order valence-electron chi connectivity index (χ3n) is 4.63. The molecule has 0 bridgehead atoms. The zero-order valence-electron chi connectivity index (χ0n) is 20.1. The van der Waals surface area contributed by atoms with Gasteiger partial charge in [0.05, 0.1) is 21.3 Å². The minimum atomic E-state index is -1.82. The highest BCUT2D eigenvalue weighted by Crippen LogP contribution is 2.28. The maximum Gasteiger partial charge on any atom is 0.414 e. The number of methoxy groups -OCH3 is 3. The summed E-state index contributed by atoms with van der Waals surface area (Å²) in [7, 11) is 4.50. The Bertz CT molecular complexity index is 869. The zero-order valence-corrected chi connectivity index (χ0v) is 20.1. The number of nitrogens with one attached hydrogen (secondary N) is 1. The number of rotatable bonds is 6. The van der Waals surface area contributed by atoms with E-state index in [2.05, 4.69) is 5.32 Å². The average Bonchev–Trinajstić information content (AvgIpc) is 3.20. The van der Waals surface area contributed by atoms with Crippen molar-refractivity contribution in [2.75, 3.05) is 27.9 Å². The molecule has 1 fully saturated rings. The van der Waals surface area contributed by atoms with Crippen molar-refractivity contribution >= 4 is 24.0 Å². The number of carboxylic acid groups (broad SMARTS) is 2. The van der Waals surface area contributed by atoms with Gasteiger partial charge < -0.3 is 34.5 Å². The maximum absolute atomic E-state index is 12.5. The summed E-state index contributed by atoms with van der Waals surface area (Å²) >= 11 is 0. The Morgan fingerprint density at radius 2 is 1.62 bits per heavy atom. The van der Waals surface area contributed by atoms with Crippen molar-refractivity contribution < 1.29 is 48.3 Å². The quantitative estimate of drug-likeness (QED) is 0.396. The molecule has 0 radical (unpaired) electrons. The molecule has 0 spiro atoms. The van der Waals surface area contributed by atoms with Gasteiger partial charge in [0, 0.05) is 19.1 Å². The number of hydrogen-bond donors (Lipinski definition) is 3. The van der Waals surface area contributed by atoms with Crippen LogP contribution >= 0.6 is 0 Å². The molecule has 1 aliphatic heterocycles. The molecule has 0 aliphatic carbocycles. The molecule has 0 aromatic heterocycles. The second kappa shape index (κ2) is 12.6. The van der Waals surface area contributed by atoms with Gasteiger partial charge in [-0.05, 0) is 44.9 Å². The first-order valence-electron chi connectivity index (χ1n) is 10.3. The highest BCUT2D eigenvalue weighted by Gasteiger charge is 2.42. The van der Waals surface area contributed by atoms with E-state index in [0.717, 1.165) is 5.56 Å². The zero-order chi connectivity index (χ0) is 26.1. The van der Waals surface area contributed by atoms with E-state index < -0.39 is 35.6 Å². The standard InChI is InChI=1S/C20H30N2O6.C2H2O4/c1-20(2,3)28-19(24)22-12-14(10-15(22)18(23)27-6)21-11-13-7-8-16(25-4)17(9-13)26-5;3-1(4)2(5)6/h7-9,14-15,21H,10-12H2,1-6H3;(H,3,4)(H,5,6). The summed E-state index contributed by atoms with van der Waals surface area (Å²) in [6.07, 6.45) is -0.0579.